The molecule has 2 rings (SSSR count). The van der Waals surface area contributed by atoms with Crippen molar-refractivity contribution >= 4 is 11.0 Å². The van der Waals surface area contributed by atoms with Gasteiger partial charge in [-0.15, -0.1) is 0 Å². The molecule has 0 saturated heterocycles. The smallest absolute Gasteiger partial charge is 0.134 e. The van der Waals surface area contributed by atoms with Crippen molar-refractivity contribution in [3.63, 3.8) is 0 Å². The third kappa shape index (κ3) is 1.32. The van der Waals surface area contributed by atoms with Crippen LogP contribution in [0.4, 0.5) is 0 Å². The van der Waals surface area contributed by atoms with Gasteiger partial charge in [0.05, 0.1) is 6.04 Å². The van der Waals surface area contributed by atoms with Gasteiger partial charge in [-0.05, 0) is 25.0 Å². The Bertz CT molecular complexity index is 445. The fourth-order valence-electron chi connectivity index (χ4n) is 1.73. The van der Waals surface area contributed by atoms with Crippen molar-refractivity contribution in [3.8, 4) is 0 Å². The van der Waals surface area contributed by atoms with Crippen LogP contribution in [0.25, 0.3) is 11.0 Å². The Hall–Kier alpha value is -1.28. The molecule has 0 saturated carbocycles. The molecule has 2 aromatic rings. The lowest BCUT2D eigenvalue weighted by molar-refractivity contribution is 0.485. The summed E-state index contributed by atoms with van der Waals surface area (Å²) in [5.41, 5.74) is 8.08. The number of benzene rings is 1. The second kappa shape index (κ2) is 3.46. The summed E-state index contributed by atoms with van der Waals surface area (Å²) in [6, 6.07) is 8.06. The first-order valence-electron chi connectivity index (χ1n) is 4.97. The molecule has 0 spiro atoms. The molecule has 2 N–H and O–H groups in total. The largest absolute Gasteiger partial charge is 0.459 e. The Balaban J connectivity index is 2.62. The topological polar surface area (TPSA) is 39.2 Å². The maximum Gasteiger partial charge on any atom is 0.134 e. The molecule has 74 valence electrons. The van der Waals surface area contributed by atoms with Gasteiger partial charge >= 0.3 is 0 Å². The van der Waals surface area contributed by atoms with Gasteiger partial charge in [-0.3, -0.25) is 0 Å². The molecule has 0 radical (unpaired) electrons. The summed E-state index contributed by atoms with van der Waals surface area (Å²) in [6.07, 6.45) is 0.903. The maximum atomic E-state index is 5.97. The Labute approximate surface area is 83.7 Å². The van der Waals surface area contributed by atoms with Gasteiger partial charge in [-0.1, -0.05) is 25.1 Å². The molecule has 14 heavy (non-hydrogen) atoms. The van der Waals surface area contributed by atoms with Crippen LogP contribution < -0.4 is 5.73 Å². The second-order valence-corrected chi connectivity index (χ2v) is 3.60. The first kappa shape index (κ1) is 9.28. The highest BCUT2D eigenvalue weighted by Crippen LogP contribution is 2.29. The highest BCUT2D eigenvalue weighted by atomic mass is 16.3. The Morgan fingerprint density at radius 2 is 2.07 bits per heavy atom. The van der Waals surface area contributed by atoms with Crippen LogP contribution in [0.3, 0.4) is 0 Å². The van der Waals surface area contributed by atoms with Crippen molar-refractivity contribution in [2.75, 3.05) is 0 Å². The molecule has 1 aromatic carbocycles. The standard InChI is InChI=1S/C12H15NO/c1-3-10(13)12-8(2)9-6-4-5-7-11(9)14-12/h4-7,10H,3,13H2,1-2H3/t10-/m1/s1. The van der Waals surface area contributed by atoms with Crippen molar-refractivity contribution in [2.45, 2.75) is 26.3 Å². The van der Waals surface area contributed by atoms with Crippen LogP contribution in [0.15, 0.2) is 28.7 Å². The second-order valence-electron chi connectivity index (χ2n) is 3.60. The number of hydrogen-bond donors (Lipinski definition) is 1. The van der Waals surface area contributed by atoms with Crippen molar-refractivity contribution in [1.29, 1.82) is 0 Å². The van der Waals surface area contributed by atoms with E-state index in [4.69, 9.17) is 10.2 Å². The Morgan fingerprint density at radius 3 is 2.71 bits per heavy atom. The van der Waals surface area contributed by atoms with Crippen LogP contribution in [0.2, 0.25) is 0 Å². The molecule has 0 fully saturated rings. The van der Waals surface area contributed by atoms with E-state index >= 15 is 0 Å². The van der Waals surface area contributed by atoms with E-state index in [1.54, 1.807) is 0 Å². The Kier molecular flexibility index (Phi) is 2.30. The fourth-order valence-corrected chi connectivity index (χ4v) is 1.73. The van der Waals surface area contributed by atoms with E-state index in [2.05, 4.69) is 19.9 Å². The van der Waals surface area contributed by atoms with Crippen LogP contribution in [0.5, 0.6) is 0 Å². The molecule has 0 aliphatic heterocycles. The lowest BCUT2D eigenvalue weighted by Gasteiger charge is -2.05. The summed E-state index contributed by atoms with van der Waals surface area (Å²) in [6.45, 7) is 4.13. The van der Waals surface area contributed by atoms with Gasteiger partial charge < -0.3 is 10.2 Å². The van der Waals surface area contributed by atoms with E-state index in [-0.39, 0.29) is 6.04 Å². The van der Waals surface area contributed by atoms with Crippen molar-refractivity contribution in [1.82, 2.24) is 0 Å². The molecule has 2 nitrogen and oxygen atoms in total. The number of rotatable bonds is 2. The van der Waals surface area contributed by atoms with Gasteiger partial charge in [0, 0.05) is 5.39 Å². The zero-order chi connectivity index (χ0) is 10.1. The average Bonchev–Trinajstić information content (AvgIpc) is 2.56. The van der Waals surface area contributed by atoms with Crippen molar-refractivity contribution in [3.05, 3.63) is 35.6 Å². The molecule has 0 bridgehead atoms. The lowest BCUT2D eigenvalue weighted by atomic mass is 10.1. The van der Waals surface area contributed by atoms with Crippen LogP contribution in [-0.2, 0) is 0 Å². The van der Waals surface area contributed by atoms with Gasteiger partial charge in [0.15, 0.2) is 0 Å². The minimum atomic E-state index is 0.0161. The molecule has 1 atom stereocenters. The van der Waals surface area contributed by atoms with Crippen LogP contribution in [-0.4, -0.2) is 0 Å². The molecular weight excluding hydrogens is 174 g/mol. The molecule has 1 aromatic heterocycles. The first-order valence-corrected chi connectivity index (χ1v) is 4.97. The molecule has 1 heterocycles. The molecule has 0 unspecified atom stereocenters. The van der Waals surface area contributed by atoms with Gasteiger partial charge in [0.25, 0.3) is 0 Å². The first-order chi connectivity index (χ1) is 6.74. The maximum absolute atomic E-state index is 5.97. The average molecular weight is 189 g/mol. The van der Waals surface area contributed by atoms with Gasteiger partial charge in [-0.2, -0.15) is 0 Å². The van der Waals surface area contributed by atoms with E-state index in [0.29, 0.717) is 0 Å². The summed E-state index contributed by atoms with van der Waals surface area (Å²) in [5, 5.41) is 1.17. The van der Waals surface area contributed by atoms with Crippen LogP contribution >= 0.6 is 0 Å². The minimum Gasteiger partial charge on any atom is -0.459 e. The third-order valence-corrected chi connectivity index (χ3v) is 2.66. The molecular formula is C12H15NO. The fraction of sp³-hybridized carbons (Fsp3) is 0.333. The zero-order valence-corrected chi connectivity index (χ0v) is 8.58. The zero-order valence-electron chi connectivity index (χ0n) is 8.58. The van der Waals surface area contributed by atoms with Gasteiger partial charge in [-0.25, -0.2) is 0 Å². The predicted octanol–water partition coefficient (Wildman–Crippen LogP) is 3.15. The monoisotopic (exact) mass is 189 g/mol. The number of aryl methyl sites for hydroxylation is 1. The summed E-state index contributed by atoms with van der Waals surface area (Å²) >= 11 is 0. The molecule has 0 aliphatic carbocycles. The van der Waals surface area contributed by atoms with E-state index < -0.39 is 0 Å². The van der Waals surface area contributed by atoms with Gasteiger partial charge in [0.1, 0.15) is 11.3 Å². The number of furan rings is 1. The van der Waals surface area contributed by atoms with Crippen LogP contribution in [0.1, 0.15) is 30.7 Å². The third-order valence-electron chi connectivity index (χ3n) is 2.66. The van der Waals surface area contributed by atoms with E-state index in [1.807, 2.05) is 18.2 Å². The SMILES string of the molecule is CC[C@@H](N)c1oc2ccccc2c1C. The summed E-state index contributed by atoms with van der Waals surface area (Å²) < 4.78 is 5.73. The van der Waals surface area contributed by atoms with Crippen molar-refractivity contribution in [2.24, 2.45) is 5.73 Å². The summed E-state index contributed by atoms with van der Waals surface area (Å²) in [5.74, 6) is 0.925. The van der Waals surface area contributed by atoms with E-state index in [9.17, 15) is 0 Å². The quantitative estimate of drug-likeness (QED) is 0.788. The lowest BCUT2D eigenvalue weighted by Crippen LogP contribution is -2.08. The van der Waals surface area contributed by atoms with Crippen LogP contribution in [0, 0.1) is 6.92 Å². The van der Waals surface area contributed by atoms with Gasteiger partial charge in [0.2, 0.25) is 0 Å². The Morgan fingerprint density at radius 1 is 1.36 bits per heavy atom. The van der Waals surface area contributed by atoms with E-state index in [1.165, 1.54) is 10.9 Å². The highest BCUT2D eigenvalue weighted by Gasteiger charge is 2.14. The number of fused-ring (bicyclic) bond motifs is 1. The number of para-hydroxylation sites is 1. The highest BCUT2D eigenvalue weighted by molar-refractivity contribution is 5.82. The number of hydrogen-bond acceptors (Lipinski definition) is 2. The van der Waals surface area contributed by atoms with E-state index in [0.717, 1.165) is 17.8 Å². The summed E-state index contributed by atoms with van der Waals surface area (Å²) in [4.78, 5) is 0. The molecule has 0 aliphatic rings. The molecule has 0 amide bonds. The number of nitrogens with two attached hydrogens (primary N) is 1. The summed E-state index contributed by atoms with van der Waals surface area (Å²) in [7, 11) is 0. The minimum absolute atomic E-state index is 0.0161. The van der Waals surface area contributed by atoms with Crippen molar-refractivity contribution < 1.29 is 4.42 Å². The normalized spacial score (nSPS) is 13.4. The predicted molar refractivity (Wildman–Crippen MR) is 58.2 cm³/mol. The molecule has 2 heteroatoms.